The molecule has 0 atom stereocenters. The summed E-state index contributed by atoms with van der Waals surface area (Å²) in [5.74, 6) is 0.284. The number of hydrogen-bond donors (Lipinski definition) is 0. The van der Waals surface area contributed by atoms with Gasteiger partial charge in [-0.3, -0.25) is 0 Å². The molecule has 0 unspecified atom stereocenters. The number of hydrogen-bond acceptors (Lipinski definition) is 2. The molecule has 0 saturated heterocycles. The van der Waals surface area contributed by atoms with Crippen molar-refractivity contribution in [2.45, 2.75) is 19.5 Å². The molecule has 0 aliphatic carbocycles. The van der Waals surface area contributed by atoms with Crippen LogP contribution in [0.4, 0.5) is 4.39 Å². The Balaban J connectivity index is 2.75. The molecule has 0 radical (unpaired) electrons. The van der Waals surface area contributed by atoms with Gasteiger partial charge in [-0.15, -0.1) is 0 Å². The topological polar surface area (TPSA) is 27.1 Å². The Morgan fingerprint density at radius 2 is 2.00 bits per heavy atom. The number of rotatable bonds is 2. The zero-order valence-corrected chi connectivity index (χ0v) is 8.99. The van der Waals surface area contributed by atoms with Crippen LogP contribution < -0.4 is 4.84 Å². The Hall–Kier alpha value is -1.58. The first-order valence-electron chi connectivity index (χ1n) is 4.75. The zero-order chi connectivity index (χ0) is 11.1. The summed E-state index contributed by atoms with van der Waals surface area (Å²) in [6.45, 7) is 2.92. The van der Waals surface area contributed by atoms with Crippen LogP contribution in [0.5, 0.6) is 0 Å². The van der Waals surface area contributed by atoms with Crippen LogP contribution in [0.15, 0.2) is 24.3 Å². The fourth-order valence-corrected chi connectivity index (χ4v) is 1.56. The second-order valence-corrected chi connectivity index (χ2v) is 3.87. The van der Waals surface area contributed by atoms with Gasteiger partial charge in [0.05, 0.1) is 5.52 Å². The van der Waals surface area contributed by atoms with Crippen LogP contribution in [-0.2, 0) is 5.67 Å². The quantitative estimate of drug-likeness (QED) is 0.757. The molecule has 0 N–H and O–H groups in total. The van der Waals surface area contributed by atoms with Crippen molar-refractivity contribution in [3.05, 3.63) is 30.1 Å². The molecule has 0 spiro atoms. The molecular weight excluding hydrogens is 195 g/mol. The second-order valence-electron chi connectivity index (χ2n) is 3.87. The van der Waals surface area contributed by atoms with E-state index < -0.39 is 5.67 Å². The Morgan fingerprint density at radius 3 is 2.60 bits per heavy atom. The van der Waals surface area contributed by atoms with Gasteiger partial charge in [-0.05, 0) is 26.0 Å². The van der Waals surface area contributed by atoms with E-state index in [0.717, 1.165) is 11.0 Å². The minimum atomic E-state index is -1.52. The molecule has 0 aliphatic rings. The molecule has 1 aromatic heterocycles. The van der Waals surface area contributed by atoms with E-state index in [4.69, 9.17) is 4.84 Å². The predicted octanol–water partition coefficient (Wildman–Crippen LogP) is 2.30. The fourth-order valence-electron chi connectivity index (χ4n) is 1.56. The van der Waals surface area contributed by atoms with Gasteiger partial charge in [-0.2, -0.15) is 4.73 Å². The summed E-state index contributed by atoms with van der Waals surface area (Å²) in [6.07, 6.45) is 0. The highest BCUT2D eigenvalue weighted by Gasteiger charge is 2.27. The standard InChI is InChI=1S/C11H13FN2O/c1-11(2,12)10-13-8-6-4-5-7-9(8)14(10)15-3/h4-7H,1-3H3. The Labute approximate surface area is 87.4 Å². The van der Waals surface area contributed by atoms with Crippen molar-refractivity contribution < 1.29 is 9.23 Å². The van der Waals surface area contributed by atoms with E-state index in [9.17, 15) is 4.39 Å². The van der Waals surface area contributed by atoms with Gasteiger partial charge in [-0.1, -0.05) is 12.1 Å². The van der Waals surface area contributed by atoms with Crippen LogP contribution in [0.1, 0.15) is 19.7 Å². The summed E-state index contributed by atoms with van der Waals surface area (Å²) in [4.78, 5) is 9.36. The first-order chi connectivity index (χ1) is 7.04. The third-order valence-electron chi connectivity index (χ3n) is 2.23. The van der Waals surface area contributed by atoms with Crippen molar-refractivity contribution in [1.82, 2.24) is 9.71 Å². The number of para-hydroxylation sites is 2. The lowest BCUT2D eigenvalue weighted by Gasteiger charge is -2.14. The fraction of sp³-hybridized carbons (Fsp3) is 0.364. The predicted molar refractivity (Wildman–Crippen MR) is 56.4 cm³/mol. The molecule has 2 rings (SSSR count). The average molecular weight is 208 g/mol. The molecule has 80 valence electrons. The third-order valence-corrected chi connectivity index (χ3v) is 2.23. The molecule has 0 fully saturated rings. The molecular formula is C11H13FN2O. The highest BCUT2D eigenvalue weighted by atomic mass is 19.1. The highest BCUT2D eigenvalue weighted by molar-refractivity contribution is 5.75. The molecule has 3 nitrogen and oxygen atoms in total. The van der Waals surface area contributed by atoms with E-state index in [-0.39, 0.29) is 5.82 Å². The van der Waals surface area contributed by atoms with Gasteiger partial charge in [0.15, 0.2) is 11.5 Å². The smallest absolute Gasteiger partial charge is 0.183 e. The summed E-state index contributed by atoms with van der Waals surface area (Å²) in [7, 11) is 1.50. The second kappa shape index (κ2) is 3.22. The molecule has 0 bridgehead atoms. The number of alkyl halides is 1. The maximum atomic E-state index is 13.8. The molecule has 1 heterocycles. The Kier molecular flexibility index (Phi) is 2.14. The summed E-state index contributed by atoms with van der Waals surface area (Å²) >= 11 is 0. The maximum Gasteiger partial charge on any atom is 0.183 e. The number of fused-ring (bicyclic) bond motifs is 1. The third kappa shape index (κ3) is 1.56. The van der Waals surface area contributed by atoms with E-state index in [1.165, 1.54) is 25.7 Å². The van der Waals surface area contributed by atoms with E-state index in [2.05, 4.69) is 4.98 Å². The SMILES string of the molecule is COn1c(C(C)(C)F)nc2ccccc21. The lowest BCUT2D eigenvalue weighted by Crippen LogP contribution is -2.20. The van der Waals surface area contributed by atoms with Gasteiger partial charge in [0.2, 0.25) is 0 Å². The largest absolute Gasteiger partial charge is 0.415 e. The van der Waals surface area contributed by atoms with Crippen molar-refractivity contribution in [2.24, 2.45) is 0 Å². The lowest BCUT2D eigenvalue weighted by molar-refractivity contribution is 0.117. The van der Waals surface area contributed by atoms with Crippen LogP contribution >= 0.6 is 0 Å². The Bertz CT molecular complexity index is 485. The van der Waals surface area contributed by atoms with Crippen LogP contribution in [0.3, 0.4) is 0 Å². The van der Waals surface area contributed by atoms with E-state index >= 15 is 0 Å². The van der Waals surface area contributed by atoms with E-state index in [0.29, 0.717) is 0 Å². The lowest BCUT2D eigenvalue weighted by atomic mass is 10.1. The number of benzene rings is 1. The molecule has 15 heavy (non-hydrogen) atoms. The van der Waals surface area contributed by atoms with Crippen molar-refractivity contribution in [3.8, 4) is 0 Å². The van der Waals surface area contributed by atoms with Crippen LogP contribution in [0, 0.1) is 0 Å². The monoisotopic (exact) mass is 208 g/mol. The molecule has 4 heteroatoms. The highest BCUT2D eigenvalue weighted by Crippen LogP contribution is 2.26. The van der Waals surface area contributed by atoms with Crippen LogP contribution in [-0.4, -0.2) is 16.8 Å². The Morgan fingerprint density at radius 1 is 1.33 bits per heavy atom. The van der Waals surface area contributed by atoms with E-state index in [1.807, 2.05) is 24.3 Å². The maximum absolute atomic E-state index is 13.8. The zero-order valence-electron chi connectivity index (χ0n) is 8.99. The minimum Gasteiger partial charge on any atom is -0.415 e. The van der Waals surface area contributed by atoms with Crippen molar-refractivity contribution >= 4 is 11.0 Å². The summed E-state index contributed by atoms with van der Waals surface area (Å²) in [5, 5.41) is 0. The molecule has 2 aromatic rings. The van der Waals surface area contributed by atoms with Crippen molar-refractivity contribution in [3.63, 3.8) is 0 Å². The summed E-state index contributed by atoms with van der Waals surface area (Å²) in [6, 6.07) is 7.42. The summed E-state index contributed by atoms with van der Waals surface area (Å²) in [5.41, 5.74) is -0.00419. The molecule has 0 aliphatic heterocycles. The molecule has 1 aromatic carbocycles. The van der Waals surface area contributed by atoms with Gasteiger partial charge < -0.3 is 4.84 Å². The number of imidazole rings is 1. The van der Waals surface area contributed by atoms with Gasteiger partial charge >= 0.3 is 0 Å². The number of aromatic nitrogens is 2. The molecule has 0 saturated carbocycles. The normalized spacial score (nSPS) is 12.0. The van der Waals surface area contributed by atoms with Gasteiger partial charge in [-0.25, -0.2) is 9.37 Å². The first-order valence-corrected chi connectivity index (χ1v) is 4.75. The van der Waals surface area contributed by atoms with E-state index in [1.54, 1.807) is 0 Å². The van der Waals surface area contributed by atoms with Gasteiger partial charge in [0.25, 0.3) is 0 Å². The van der Waals surface area contributed by atoms with Gasteiger partial charge in [0, 0.05) is 0 Å². The van der Waals surface area contributed by atoms with Crippen molar-refractivity contribution in [2.75, 3.05) is 7.11 Å². The molecule has 0 amide bonds. The van der Waals surface area contributed by atoms with Crippen molar-refractivity contribution in [1.29, 1.82) is 0 Å². The average Bonchev–Trinajstić information content (AvgIpc) is 2.55. The summed E-state index contributed by atoms with van der Waals surface area (Å²) < 4.78 is 15.3. The van der Waals surface area contributed by atoms with Gasteiger partial charge in [0.1, 0.15) is 12.6 Å². The number of nitrogens with zero attached hydrogens (tertiary/aromatic N) is 2. The minimum absolute atomic E-state index is 0.284. The number of halogens is 1. The first kappa shape index (κ1) is 9.96. The van der Waals surface area contributed by atoms with Crippen LogP contribution in [0.25, 0.3) is 11.0 Å². The van der Waals surface area contributed by atoms with Crippen LogP contribution in [0.2, 0.25) is 0 Å².